The van der Waals surface area contributed by atoms with Gasteiger partial charge in [0.2, 0.25) is 5.82 Å². The molecule has 1 aromatic carbocycles. The maximum absolute atomic E-state index is 6.03. The second-order valence-electron chi connectivity index (χ2n) is 5.89. The van der Waals surface area contributed by atoms with E-state index in [1.807, 2.05) is 41.0 Å². The van der Waals surface area contributed by atoms with Crippen LogP contribution in [0.3, 0.4) is 0 Å². The molecule has 1 aliphatic rings. The third-order valence-corrected chi connectivity index (χ3v) is 5.44. The van der Waals surface area contributed by atoms with Gasteiger partial charge < -0.3 is 9.15 Å². The van der Waals surface area contributed by atoms with E-state index in [1.54, 1.807) is 18.0 Å². The van der Waals surface area contributed by atoms with Gasteiger partial charge in [-0.1, -0.05) is 23.4 Å². The molecule has 0 spiro atoms. The number of hydrogen-bond donors (Lipinski definition) is 0. The third kappa shape index (κ3) is 3.76. The fourth-order valence-corrected chi connectivity index (χ4v) is 4.00. The minimum atomic E-state index is 0.279. The average Bonchev–Trinajstić information content (AvgIpc) is 3.31. The van der Waals surface area contributed by atoms with Crippen molar-refractivity contribution in [3.8, 4) is 17.3 Å². The van der Waals surface area contributed by atoms with Gasteiger partial charge in [-0.2, -0.15) is 0 Å². The monoisotopic (exact) mass is 375 g/mol. The summed E-state index contributed by atoms with van der Waals surface area (Å²) in [4.78, 5) is 0. The van der Waals surface area contributed by atoms with E-state index in [2.05, 4.69) is 10.2 Å². The Morgan fingerprint density at radius 2 is 2.04 bits per heavy atom. The number of aromatic nitrogens is 3. The summed E-state index contributed by atoms with van der Waals surface area (Å²) in [6, 6.07) is 11.4. The first kappa shape index (κ1) is 16.7. The van der Waals surface area contributed by atoms with Crippen molar-refractivity contribution < 1.29 is 9.15 Å². The molecule has 2 aromatic heterocycles. The van der Waals surface area contributed by atoms with Gasteiger partial charge in [-0.05, 0) is 55.7 Å². The minimum absolute atomic E-state index is 0.279. The Labute approximate surface area is 155 Å². The SMILES string of the molecule is Clc1ccc(-n2c(SCC3CCCCO3)nnc2-c2ccco2)cc1. The molecule has 0 amide bonds. The fourth-order valence-electron chi connectivity index (χ4n) is 2.86. The van der Waals surface area contributed by atoms with E-state index in [0.29, 0.717) is 16.6 Å². The molecular formula is C18H18ClN3O2S. The summed E-state index contributed by atoms with van der Waals surface area (Å²) >= 11 is 7.69. The van der Waals surface area contributed by atoms with Gasteiger partial charge in [0.1, 0.15) is 0 Å². The van der Waals surface area contributed by atoms with Gasteiger partial charge in [-0.15, -0.1) is 10.2 Å². The van der Waals surface area contributed by atoms with Crippen molar-refractivity contribution in [3.05, 3.63) is 47.7 Å². The lowest BCUT2D eigenvalue weighted by Crippen LogP contribution is -2.21. The number of rotatable bonds is 5. The standard InChI is InChI=1S/C18H18ClN3O2S/c19-13-6-8-14(9-7-13)22-17(16-5-3-11-24-16)20-21-18(22)25-12-15-4-1-2-10-23-15/h3,5-9,11,15H,1-2,4,10,12H2. The van der Waals surface area contributed by atoms with Gasteiger partial charge in [0.15, 0.2) is 10.9 Å². The van der Waals surface area contributed by atoms with Gasteiger partial charge >= 0.3 is 0 Å². The minimum Gasteiger partial charge on any atom is -0.461 e. The predicted molar refractivity (Wildman–Crippen MR) is 98.4 cm³/mol. The van der Waals surface area contributed by atoms with E-state index in [4.69, 9.17) is 20.8 Å². The first-order chi connectivity index (χ1) is 12.3. The van der Waals surface area contributed by atoms with Crippen LogP contribution in [0.2, 0.25) is 5.02 Å². The van der Waals surface area contributed by atoms with Crippen molar-refractivity contribution in [2.75, 3.05) is 12.4 Å². The van der Waals surface area contributed by atoms with Crippen LogP contribution in [0.15, 0.2) is 52.2 Å². The highest BCUT2D eigenvalue weighted by Gasteiger charge is 2.20. The Balaban J connectivity index is 1.65. The molecule has 0 N–H and O–H groups in total. The molecule has 1 atom stereocenters. The number of furan rings is 1. The molecule has 0 bridgehead atoms. The molecule has 25 heavy (non-hydrogen) atoms. The molecule has 1 fully saturated rings. The van der Waals surface area contributed by atoms with Gasteiger partial charge in [-0.25, -0.2) is 0 Å². The second-order valence-corrected chi connectivity index (χ2v) is 7.32. The molecule has 0 saturated carbocycles. The van der Waals surface area contributed by atoms with E-state index in [0.717, 1.165) is 36.0 Å². The van der Waals surface area contributed by atoms with Crippen molar-refractivity contribution in [3.63, 3.8) is 0 Å². The lowest BCUT2D eigenvalue weighted by Gasteiger charge is -2.21. The Bertz CT molecular complexity index is 811. The molecular weight excluding hydrogens is 358 g/mol. The fraction of sp³-hybridized carbons (Fsp3) is 0.333. The maximum atomic E-state index is 6.03. The molecule has 0 radical (unpaired) electrons. The third-order valence-electron chi connectivity index (χ3n) is 4.13. The number of benzene rings is 1. The van der Waals surface area contributed by atoms with Crippen molar-refractivity contribution in [1.82, 2.24) is 14.8 Å². The van der Waals surface area contributed by atoms with Gasteiger partial charge in [0.05, 0.1) is 12.4 Å². The maximum Gasteiger partial charge on any atom is 0.205 e. The summed E-state index contributed by atoms with van der Waals surface area (Å²) in [5.41, 5.74) is 0.952. The van der Waals surface area contributed by atoms with Crippen LogP contribution < -0.4 is 0 Å². The molecule has 3 heterocycles. The van der Waals surface area contributed by atoms with Crippen LogP contribution >= 0.6 is 23.4 Å². The van der Waals surface area contributed by atoms with Crippen LogP contribution in [0.4, 0.5) is 0 Å². The second kappa shape index (κ2) is 7.64. The quantitative estimate of drug-likeness (QED) is 0.597. The summed E-state index contributed by atoms with van der Waals surface area (Å²) in [5, 5.41) is 10.2. The first-order valence-electron chi connectivity index (χ1n) is 8.31. The zero-order valence-electron chi connectivity index (χ0n) is 13.6. The first-order valence-corrected chi connectivity index (χ1v) is 9.67. The molecule has 1 saturated heterocycles. The van der Waals surface area contributed by atoms with Crippen LogP contribution in [-0.2, 0) is 4.74 Å². The summed E-state index contributed by atoms with van der Waals surface area (Å²) < 4.78 is 13.4. The Morgan fingerprint density at radius 1 is 1.16 bits per heavy atom. The van der Waals surface area contributed by atoms with Crippen LogP contribution in [0.25, 0.3) is 17.3 Å². The zero-order valence-corrected chi connectivity index (χ0v) is 15.2. The van der Waals surface area contributed by atoms with E-state index in [9.17, 15) is 0 Å². The highest BCUT2D eigenvalue weighted by Crippen LogP contribution is 2.30. The van der Waals surface area contributed by atoms with Crippen LogP contribution in [0.1, 0.15) is 19.3 Å². The lowest BCUT2D eigenvalue weighted by atomic mass is 10.1. The number of hydrogen-bond acceptors (Lipinski definition) is 5. The van der Waals surface area contributed by atoms with Gasteiger partial charge in [0, 0.05) is 23.1 Å². The number of halogens is 1. The lowest BCUT2D eigenvalue weighted by molar-refractivity contribution is 0.0315. The molecule has 0 aliphatic carbocycles. The van der Waals surface area contributed by atoms with Crippen molar-refractivity contribution in [2.24, 2.45) is 0 Å². The Hall–Kier alpha value is -1.76. The van der Waals surface area contributed by atoms with E-state index >= 15 is 0 Å². The summed E-state index contributed by atoms with van der Waals surface area (Å²) in [7, 11) is 0. The highest BCUT2D eigenvalue weighted by molar-refractivity contribution is 7.99. The van der Waals surface area contributed by atoms with Crippen LogP contribution in [0, 0.1) is 0 Å². The molecule has 3 aromatic rings. The average molecular weight is 376 g/mol. The molecule has 1 unspecified atom stereocenters. The number of thioether (sulfide) groups is 1. The summed E-state index contributed by atoms with van der Waals surface area (Å²) in [6.07, 6.45) is 5.41. The zero-order chi connectivity index (χ0) is 17.1. The summed E-state index contributed by atoms with van der Waals surface area (Å²) in [6.45, 7) is 0.854. The topological polar surface area (TPSA) is 53.1 Å². The van der Waals surface area contributed by atoms with Crippen LogP contribution in [0.5, 0.6) is 0 Å². The van der Waals surface area contributed by atoms with Gasteiger partial charge in [0.25, 0.3) is 0 Å². The predicted octanol–water partition coefficient (Wildman–Crippen LogP) is 4.84. The molecule has 4 rings (SSSR count). The van der Waals surface area contributed by atoms with Crippen molar-refractivity contribution in [1.29, 1.82) is 0 Å². The van der Waals surface area contributed by atoms with E-state index in [1.165, 1.54) is 6.42 Å². The molecule has 7 heteroatoms. The molecule has 1 aliphatic heterocycles. The highest BCUT2D eigenvalue weighted by atomic mass is 35.5. The van der Waals surface area contributed by atoms with Crippen LogP contribution in [-0.4, -0.2) is 33.2 Å². The van der Waals surface area contributed by atoms with Crippen molar-refractivity contribution >= 4 is 23.4 Å². The Morgan fingerprint density at radius 3 is 2.76 bits per heavy atom. The largest absolute Gasteiger partial charge is 0.461 e. The smallest absolute Gasteiger partial charge is 0.205 e. The van der Waals surface area contributed by atoms with E-state index in [-0.39, 0.29) is 6.10 Å². The molecule has 5 nitrogen and oxygen atoms in total. The van der Waals surface area contributed by atoms with Gasteiger partial charge in [-0.3, -0.25) is 4.57 Å². The number of nitrogens with zero attached hydrogens (tertiary/aromatic N) is 3. The number of ether oxygens (including phenoxy) is 1. The molecule has 130 valence electrons. The van der Waals surface area contributed by atoms with Crippen molar-refractivity contribution in [2.45, 2.75) is 30.5 Å². The normalized spacial score (nSPS) is 17.7. The summed E-state index contributed by atoms with van der Waals surface area (Å²) in [5.74, 6) is 2.23. The Kier molecular flexibility index (Phi) is 5.10. The van der Waals surface area contributed by atoms with E-state index < -0.39 is 0 Å².